The van der Waals surface area contributed by atoms with E-state index in [9.17, 15) is 4.79 Å². The third kappa shape index (κ3) is 5.59. The molecule has 0 spiro atoms. The summed E-state index contributed by atoms with van der Waals surface area (Å²) in [6, 6.07) is 28.6. The van der Waals surface area contributed by atoms with Gasteiger partial charge in [0.05, 0.1) is 18.6 Å². The summed E-state index contributed by atoms with van der Waals surface area (Å²) in [6.45, 7) is 2.16. The maximum atomic E-state index is 12.6. The number of aryl methyl sites for hydroxylation is 1. The quantitative estimate of drug-likeness (QED) is 0.395. The van der Waals surface area contributed by atoms with Crippen LogP contribution in [-0.4, -0.2) is 12.6 Å². The molecular formula is C26H28BrNO2. The Bertz CT molecular complexity index is 946. The molecule has 0 heterocycles. The number of rotatable bonds is 9. The van der Waals surface area contributed by atoms with E-state index in [-0.39, 0.29) is 18.3 Å². The zero-order valence-corrected chi connectivity index (χ0v) is 18.8. The molecule has 0 saturated heterocycles. The van der Waals surface area contributed by atoms with Crippen molar-refractivity contribution in [2.75, 3.05) is 6.61 Å². The molecule has 4 heteroatoms. The number of carbonyl (C=O) groups excluding carboxylic acids is 1. The number of nitrogens with two attached hydrogens (primary N) is 1. The second-order valence-electron chi connectivity index (χ2n) is 7.52. The highest BCUT2D eigenvalue weighted by molar-refractivity contribution is 9.10. The lowest BCUT2D eigenvalue weighted by Crippen LogP contribution is -2.45. The van der Waals surface area contributed by atoms with Crippen LogP contribution in [0.5, 0.6) is 0 Å². The third-order valence-electron chi connectivity index (χ3n) is 5.49. The van der Waals surface area contributed by atoms with Crippen LogP contribution >= 0.6 is 15.9 Å². The van der Waals surface area contributed by atoms with Gasteiger partial charge in [0.25, 0.3) is 0 Å². The van der Waals surface area contributed by atoms with Crippen molar-refractivity contribution < 1.29 is 9.53 Å². The molecule has 2 atom stereocenters. The monoisotopic (exact) mass is 465 g/mol. The summed E-state index contributed by atoms with van der Waals surface area (Å²) < 4.78 is 6.25. The molecule has 3 aromatic rings. The van der Waals surface area contributed by atoms with Crippen LogP contribution in [-0.2, 0) is 21.5 Å². The second-order valence-corrected chi connectivity index (χ2v) is 8.44. The first-order valence-corrected chi connectivity index (χ1v) is 11.1. The van der Waals surface area contributed by atoms with Gasteiger partial charge in [-0.2, -0.15) is 0 Å². The van der Waals surface area contributed by atoms with E-state index in [4.69, 9.17) is 10.5 Å². The number of hydrogen-bond acceptors (Lipinski definition) is 3. The fourth-order valence-electron chi connectivity index (χ4n) is 4.02. The average Bonchev–Trinajstić information content (AvgIpc) is 2.75. The molecule has 0 bridgehead atoms. The molecular weight excluding hydrogens is 438 g/mol. The summed E-state index contributed by atoms with van der Waals surface area (Å²) in [4.78, 5) is 12.6. The van der Waals surface area contributed by atoms with Crippen LogP contribution in [0.1, 0.15) is 42.4 Å². The fraction of sp³-hybridized carbons (Fsp3) is 0.269. The summed E-state index contributed by atoms with van der Waals surface area (Å²) in [5, 5.41) is 0. The van der Waals surface area contributed by atoms with Crippen molar-refractivity contribution in [2.45, 2.75) is 37.6 Å². The van der Waals surface area contributed by atoms with E-state index in [1.54, 1.807) is 0 Å². The molecule has 1 unspecified atom stereocenters. The molecule has 3 aromatic carbocycles. The van der Waals surface area contributed by atoms with E-state index < -0.39 is 5.54 Å². The maximum absolute atomic E-state index is 12.6. The van der Waals surface area contributed by atoms with Gasteiger partial charge >= 0.3 is 5.97 Å². The lowest BCUT2D eigenvalue weighted by Gasteiger charge is -2.38. The van der Waals surface area contributed by atoms with Crippen LogP contribution in [0.4, 0.5) is 0 Å². The van der Waals surface area contributed by atoms with E-state index in [0.29, 0.717) is 6.61 Å². The smallest absolute Gasteiger partial charge is 0.308 e. The molecule has 0 aliphatic rings. The lowest BCUT2D eigenvalue weighted by atomic mass is 9.71. The normalized spacial score (nSPS) is 14.0. The van der Waals surface area contributed by atoms with Gasteiger partial charge in [-0.25, -0.2) is 0 Å². The van der Waals surface area contributed by atoms with E-state index in [1.165, 1.54) is 5.56 Å². The SMILES string of the molecule is CCOC(=O)C[C@@](N)(c1cccc(Br)c1)C(CCc1ccccc1)c1ccccc1. The van der Waals surface area contributed by atoms with Gasteiger partial charge in [-0.15, -0.1) is 0 Å². The molecule has 156 valence electrons. The van der Waals surface area contributed by atoms with Crippen molar-refractivity contribution in [2.24, 2.45) is 5.73 Å². The minimum Gasteiger partial charge on any atom is -0.466 e. The van der Waals surface area contributed by atoms with Crippen LogP contribution in [0.25, 0.3) is 0 Å². The molecule has 0 radical (unpaired) electrons. The molecule has 0 fully saturated rings. The minimum absolute atomic E-state index is 0.0578. The summed E-state index contributed by atoms with van der Waals surface area (Å²) in [5.41, 5.74) is 9.55. The number of hydrogen-bond donors (Lipinski definition) is 1. The maximum Gasteiger partial charge on any atom is 0.308 e. The van der Waals surface area contributed by atoms with Gasteiger partial charge in [0.2, 0.25) is 0 Å². The first kappa shape index (κ1) is 22.3. The summed E-state index contributed by atoms with van der Waals surface area (Å²) in [5.74, 6) is -0.335. The van der Waals surface area contributed by atoms with Crippen LogP contribution in [0.3, 0.4) is 0 Å². The number of carbonyl (C=O) groups is 1. The van der Waals surface area contributed by atoms with Gasteiger partial charge in [0, 0.05) is 10.4 Å². The molecule has 0 aliphatic heterocycles. The Kier molecular flexibility index (Phi) is 7.83. The Balaban J connectivity index is 2.04. The predicted molar refractivity (Wildman–Crippen MR) is 125 cm³/mol. The van der Waals surface area contributed by atoms with Crippen molar-refractivity contribution in [3.8, 4) is 0 Å². The Morgan fingerprint density at radius 1 is 1.00 bits per heavy atom. The summed E-state index contributed by atoms with van der Waals surface area (Å²) in [7, 11) is 0. The first-order chi connectivity index (χ1) is 14.5. The molecule has 2 N–H and O–H groups in total. The Hall–Kier alpha value is -2.43. The third-order valence-corrected chi connectivity index (χ3v) is 5.99. The van der Waals surface area contributed by atoms with Crippen molar-refractivity contribution in [3.63, 3.8) is 0 Å². The van der Waals surface area contributed by atoms with E-state index in [0.717, 1.165) is 28.4 Å². The number of ether oxygens (including phenoxy) is 1. The Morgan fingerprint density at radius 3 is 2.30 bits per heavy atom. The van der Waals surface area contributed by atoms with Gasteiger partial charge < -0.3 is 10.5 Å². The van der Waals surface area contributed by atoms with Crippen molar-refractivity contribution in [1.29, 1.82) is 0 Å². The van der Waals surface area contributed by atoms with Crippen LogP contribution in [0, 0.1) is 0 Å². The van der Waals surface area contributed by atoms with Gasteiger partial charge in [0.15, 0.2) is 0 Å². The standard InChI is InChI=1S/C26H28BrNO2/c1-2-30-25(29)19-26(28,22-14-9-15-23(27)18-22)24(21-12-7-4-8-13-21)17-16-20-10-5-3-6-11-20/h3-15,18,24H,2,16-17,19,28H2,1H3/t24?,26-/m1/s1. The highest BCUT2D eigenvalue weighted by Gasteiger charge is 2.40. The zero-order chi connectivity index (χ0) is 21.4. The largest absolute Gasteiger partial charge is 0.466 e. The number of esters is 1. The molecule has 30 heavy (non-hydrogen) atoms. The minimum atomic E-state index is -0.897. The summed E-state index contributed by atoms with van der Waals surface area (Å²) in [6.07, 6.45) is 1.80. The Labute approximate surface area is 187 Å². The van der Waals surface area contributed by atoms with Crippen LogP contribution in [0.15, 0.2) is 89.4 Å². The Morgan fingerprint density at radius 2 is 1.67 bits per heavy atom. The number of halogens is 1. The van der Waals surface area contributed by atoms with E-state index >= 15 is 0 Å². The van der Waals surface area contributed by atoms with Gasteiger partial charge in [-0.05, 0) is 48.6 Å². The molecule has 0 aromatic heterocycles. The topological polar surface area (TPSA) is 52.3 Å². The molecule has 3 rings (SSSR count). The zero-order valence-electron chi connectivity index (χ0n) is 17.3. The average molecular weight is 466 g/mol. The highest BCUT2D eigenvalue weighted by Crippen LogP contribution is 2.41. The van der Waals surface area contributed by atoms with Crippen LogP contribution < -0.4 is 5.73 Å². The van der Waals surface area contributed by atoms with E-state index in [2.05, 4.69) is 52.3 Å². The summed E-state index contributed by atoms with van der Waals surface area (Å²) >= 11 is 3.56. The van der Waals surface area contributed by atoms with Gasteiger partial charge in [-0.3, -0.25) is 4.79 Å². The highest BCUT2D eigenvalue weighted by atomic mass is 79.9. The second kappa shape index (κ2) is 10.6. The van der Waals surface area contributed by atoms with Crippen LogP contribution in [0.2, 0.25) is 0 Å². The van der Waals surface area contributed by atoms with E-state index in [1.807, 2.05) is 55.5 Å². The lowest BCUT2D eigenvalue weighted by molar-refractivity contribution is -0.145. The number of benzene rings is 3. The first-order valence-electron chi connectivity index (χ1n) is 10.3. The fourth-order valence-corrected chi connectivity index (χ4v) is 4.42. The van der Waals surface area contributed by atoms with Gasteiger partial charge in [-0.1, -0.05) is 88.7 Å². The molecule has 0 amide bonds. The molecule has 0 saturated carbocycles. The molecule has 3 nitrogen and oxygen atoms in total. The predicted octanol–water partition coefficient (Wildman–Crippen LogP) is 5.97. The van der Waals surface area contributed by atoms with Crippen molar-refractivity contribution >= 4 is 21.9 Å². The van der Waals surface area contributed by atoms with Gasteiger partial charge in [0.1, 0.15) is 0 Å². The van der Waals surface area contributed by atoms with Crippen molar-refractivity contribution in [1.82, 2.24) is 0 Å². The van der Waals surface area contributed by atoms with Crippen molar-refractivity contribution in [3.05, 3.63) is 106 Å². The molecule has 0 aliphatic carbocycles.